The van der Waals surface area contributed by atoms with Crippen molar-refractivity contribution < 1.29 is 13.2 Å². The minimum Gasteiger partial charge on any atom is -0.382 e. The summed E-state index contributed by atoms with van der Waals surface area (Å²) in [5.41, 5.74) is -0.312. The number of hydrogen-bond acceptors (Lipinski definition) is 1. The highest BCUT2D eigenvalue weighted by Crippen LogP contribution is 2.38. The zero-order chi connectivity index (χ0) is 12.6. The van der Waals surface area contributed by atoms with E-state index in [2.05, 4.69) is 5.32 Å². The van der Waals surface area contributed by atoms with Crippen LogP contribution in [0.2, 0.25) is 5.02 Å². The van der Waals surface area contributed by atoms with Gasteiger partial charge in [-0.05, 0) is 43.9 Å². The first-order valence-electron chi connectivity index (χ1n) is 5.51. The monoisotopic (exact) mass is 263 g/mol. The summed E-state index contributed by atoms with van der Waals surface area (Å²) in [7, 11) is 0. The number of rotatable bonds is 3. The first-order valence-corrected chi connectivity index (χ1v) is 5.89. The number of anilines is 1. The molecule has 0 saturated heterocycles. The van der Waals surface area contributed by atoms with Crippen LogP contribution in [0.5, 0.6) is 0 Å². The van der Waals surface area contributed by atoms with Crippen LogP contribution in [0.1, 0.15) is 25.3 Å². The van der Waals surface area contributed by atoms with E-state index in [9.17, 15) is 13.2 Å². The molecule has 0 radical (unpaired) electrons. The van der Waals surface area contributed by atoms with Gasteiger partial charge in [0.1, 0.15) is 0 Å². The lowest BCUT2D eigenvalue weighted by atomic mass is 10.1. The average molecular weight is 264 g/mol. The molecule has 94 valence electrons. The maximum atomic E-state index is 12.6. The normalized spacial score (nSPS) is 17.9. The van der Waals surface area contributed by atoms with Gasteiger partial charge in [0, 0.05) is 11.7 Å². The number of hydrogen-bond donors (Lipinski definition) is 1. The molecule has 0 amide bonds. The lowest BCUT2D eigenvalue weighted by molar-refractivity contribution is -0.137. The van der Waals surface area contributed by atoms with E-state index in [4.69, 9.17) is 11.6 Å². The Morgan fingerprint density at radius 3 is 2.53 bits per heavy atom. The van der Waals surface area contributed by atoms with Gasteiger partial charge in [-0.1, -0.05) is 11.6 Å². The summed E-state index contributed by atoms with van der Waals surface area (Å²) in [6.45, 7) is 1.99. The second-order valence-corrected chi connectivity index (χ2v) is 4.87. The van der Waals surface area contributed by atoms with E-state index in [0.29, 0.717) is 11.6 Å². The van der Waals surface area contributed by atoms with Gasteiger partial charge >= 0.3 is 6.18 Å². The first-order chi connectivity index (χ1) is 7.88. The number of nitrogens with one attached hydrogen (secondary N) is 1. The molecule has 2 rings (SSSR count). The van der Waals surface area contributed by atoms with E-state index in [-0.39, 0.29) is 11.1 Å². The van der Waals surface area contributed by atoms with Gasteiger partial charge in [0.25, 0.3) is 0 Å². The summed E-state index contributed by atoms with van der Waals surface area (Å²) in [4.78, 5) is 0. The Labute approximate surface area is 103 Å². The van der Waals surface area contributed by atoms with Crippen molar-refractivity contribution in [3.8, 4) is 0 Å². The van der Waals surface area contributed by atoms with E-state index in [1.54, 1.807) is 6.07 Å². The highest BCUT2D eigenvalue weighted by atomic mass is 35.5. The van der Waals surface area contributed by atoms with Crippen molar-refractivity contribution in [3.63, 3.8) is 0 Å². The highest BCUT2D eigenvalue weighted by Gasteiger charge is 2.34. The maximum absolute atomic E-state index is 12.6. The third kappa shape index (κ3) is 3.06. The molecule has 0 aliphatic heterocycles. The Morgan fingerprint density at radius 1 is 1.35 bits per heavy atom. The van der Waals surface area contributed by atoms with Crippen molar-refractivity contribution in [2.45, 2.75) is 32.0 Å². The Bertz CT molecular complexity index is 413. The SMILES string of the molecule is CC(Nc1ccc(Cl)c(C(F)(F)F)c1)C1CC1. The van der Waals surface area contributed by atoms with Gasteiger partial charge in [-0.25, -0.2) is 0 Å². The zero-order valence-electron chi connectivity index (χ0n) is 9.31. The molecule has 1 aromatic carbocycles. The molecule has 1 aliphatic carbocycles. The van der Waals surface area contributed by atoms with Crippen LogP contribution < -0.4 is 5.32 Å². The Morgan fingerprint density at radius 2 is 2.00 bits per heavy atom. The van der Waals surface area contributed by atoms with Crippen molar-refractivity contribution in [1.82, 2.24) is 0 Å². The van der Waals surface area contributed by atoms with Gasteiger partial charge in [0.05, 0.1) is 10.6 Å². The molecule has 1 fully saturated rings. The van der Waals surface area contributed by atoms with E-state index in [1.165, 1.54) is 6.07 Å². The smallest absolute Gasteiger partial charge is 0.382 e. The molecule has 0 spiro atoms. The van der Waals surface area contributed by atoms with Crippen LogP contribution in [0.3, 0.4) is 0 Å². The molecule has 1 atom stereocenters. The molecule has 1 N–H and O–H groups in total. The number of benzene rings is 1. The molecular weight excluding hydrogens is 251 g/mol. The second-order valence-electron chi connectivity index (χ2n) is 4.46. The average Bonchev–Trinajstić information content (AvgIpc) is 3.02. The Kier molecular flexibility index (Phi) is 3.25. The van der Waals surface area contributed by atoms with Gasteiger partial charge in [0.2, 0.25) is 0 Å². The molecule has 1 saturated carbocycles. The second kappa shape index (κ2) is 4.41. The third-order valence-corrected chi connectivity index (χ3v) is 3.32. The Balaban J connectivity index is 2.18. The van der Waals surface area contributed by atoms with Crippen LogP contribution in [0.15, 0.2) is 18.2 Å². The van der Waals surface area contributed by atoms with Crippen molar-refractivity contribution in [2.24, 2.45) is 5.92 Å². The van der Waals surface area contributed by atoms with Gasteiger partial charge in [0.15, 0.2) is 0 Å². The maximum Gasteiger partial charge on any atom is 0.417 e. The highest BCUT2D eigenvalue weighted by molar-refractivity contribution is 6.31. The third-order valence-electron chi connectivity index (χ3n) is 3.00. The fourth-order valence-corrected chi connectivity index (χ4v) is 2.03. The van der Waals surface area contributed by atoms with Crippen LogP contribution in [-0.4, -0.2) is 6.04 Å². The minimum absolute atomic E-state index is 0.206. The summed E-state index contributed by atoms with van der Waals surface area (Å²) in [6.07, 6.45) is -2.11. The largest absolute Gasteiger partial charge is 0.417 e. The van der Waals surface area contributed by atoms with E-state index in [1.807, 2.05) is 6.92 Å². The molecule has 1 aromatic rings. The summed E-state index contributed by atoms with van der Waals surface area (Å²) in [5.74, 6) is 0.583. The fraction of sp³-hybridized carbons (Fsp3) is 0.500. The van der Waals surface area contributed by atoms with E-state index >= 15 is 0 Å². The summed E-state index contributed by atoms with van der Waals surface area (Å²) in [6, 6.07) is 4.14. The lowest BCUT2D eigenvalue weighted by Crippen LogP contribution is -2.17. The minimum atomic E-state index is -4.41. The quantitative estimate of drug-likeness (QED) is 0.842. The zero-order valence-corrected chi connectivity index (χ0v) is 10.1. The number of alkyl halides is 3. The van der Waals surface area contributed by atoms with E-state index < -0.39 is 11.7 Å². The fourth-order valence-electron chi connectivity index (χ4n) is 1.81. The van der Waals surface area contributed by atoms with Crippen LogP contribution >= 0.6 is 11.6 Å². The van der Waals surface area contributed by atoms with E-state index in [0.717, 1.165) is 18.9 Å². The van der Waals surface area contributed by atoms with Gasteiger partial charge in [-0.3, -0.25) is 0 Å². The molecular formula is C12H13ClF3N. The molecule has 0 aromatic heterocycles. The lowest BCUT2D eigenvalue weighted by Gasteiger charge is -2.16. The van der Waals surface area contributed by atoms with Crippen molar-refractivity contribution in [2.75, 3.05) is 5.32 Å². The molecule has 5 heteroatoms. The van der Waals surface area contributed by atoms with Crippen LogP contribution in [-0.2, 0) is 6.18 Å². The van der Waals surface area contributed by atoms with Crippen molar-refractivity contribution in [3.05, 3.63) is 28.8 Å². The van der Waals surface area contributed by atoms with Crippen molar-refractivity contribution in [1.29, 1.82) is 0 Å². The molecule has 1 nitrogen and oxygen atoms in total. The number of halogens is 4. The topological polar surface area (TPSA) is 12.0 Å². The Hall–Kier alpha value is -0.900. The van der Waals surface area contributed by atoms with Gasteiger partial charge in [-0.15, -0.1) is 0 Å². The molecule has 0 heterocycles. The summed E-state index contributed by atoms with van der Waals surface area (Å²) in [5, 5.41) is 2.82. The molecule has 1 unspecified atom stereocenters. The predicted octanol–water partition coefficient (Wildman–Crippen LogP) is 4.57. The molecule has 0 bridgehead atoms. The van der Waals surface area contributed by atoms with Gasteiger partial charge in [-0.2, -0.15) is 13.2 Å². The molecule has 17 heavy (non-hydrogen) atoms. The van der Waals surface area contributed by atoms with Crippen molar-refractivity contribution >= 4 is 17.3 Å². The van der Waals surface area contributed by atoms with Crippen LogP contribution in [0.25, 0.3) is 0 Å². The summed E-state index contributed by atoms with van der Waals surface area (Å²) >= 11 is 5.54. The van der Waals surface area contributed by atoms with Crippen LogP contribution in [0, 0.1) is 5.92 Å². The molecule has 1 aliphatic rings. The first kappa shape index (κ1) is 12.6. The predicted molar refractivity (Wildman–Crippen MR) is 62.3 cm³/mol. The van der Waals surface area contributed by atoms with Crippen LogP contribution in [0.4, 0.5) is 18.9 Å². The van der Waals surface area contributed by atoms with Gasteiger partial charge < -0.3 is 5.32 Å². The summed E-state index contributed by atoms with van der Waals surface area (Å²) < 4.78 is 37.9. The standard InChI is InChI=1S/C12H13ClF3N/c1-7(8-2-3-8)17-9-4-5-11(13)10(6-9)12(14,15)16/h4-8,17H,2-3H2,1H3.